The van der Waals surface area contributed by atoms with Crippen LogP contribution in [-0.2, 0) is 0 Å². The smallest absolute Gasteiger partial charge is 0.0562 e. The summed E-state index contributed by atoms with van der Waals surface area (Å²) in [6.07, 6.45) is 0. The molecule has 11 rings (SSSR count). The van der Waals surface area contributed by atoms with E-state index in [2.05, 4.69) is 240 Å². The number of hydrogen-bond acceptors (Lipinski definition) is 1. The molecule has 0 fully saturated rings. The number of fused-ring (bicyclic) bond motifs is 5. The van der Waals surface area contributed by atoms with Crippen molar-refractivity contribution < 1.29 is 0 Å². The average molecular weight is 739 g/mol. The Morgan fingerprint density at radius 1 is 0.276 bits per heavy atom. The Bertz CT molecular complexity index is 3260. The molecule has 0 aliphatic carbocycles. The summed E-state index contributed by atoms with van der Waals surface area (Å²) in [7, 11) is 0. The van der Waals surface area contributed by atoms with Gasteiger partial charge in [0.15, 0.2) is 0 Å². The molecule has 58 heavy (non-hydrogen) atoms. The lowest BCUT2D eigenvalue weighted by Gasteiger charge is -2.26. The molecular weight excluding hydrogens is 701 g/mol. The lowest BCUT2D eigenvalue weighted by molar-refractivity contribution is 1.18. The highest BCUT2D eigenvalue weighted by Gasteiger charge is 2.21. The number of hydrogen-bond donors (Lipinski definition) is 0. The van der Waals surface area contributed by atoms with Gasteiger partial charge in [0.2, 0.25) is 0 Å². The van der Waals surface area contributed by atoms with Gasteiger partial charge in [0.25, 0.3) is 0 Å². The zero-order chi connectivity index (χ0) is 38.4. The largest absolute Gasteiger partial charge is 0.310 e. The van der Waals surface area contributed by atoms with Gasteiger partial charge in [-0.2, -0.15) is 0 Å². The first-order chi connectivity index (χ1) is 28.8. The van der Waals surface area contributed by atoms with Gasteiger partial charge in [-0.1, -0.05) is 176 Å². The van der Waals surface area contributed by atoms with Gasteiger partial charge >= 0.3 is 0 Å². The summed E-state index contributed by atoms with van der Waals surface area (Å²) in [6.45, 7) is 0. The standard InChI is InChI=1S/C56H38N2/c1-3-15-39(16-4-1)40-29-32-45(33-30-40)57(44-21-5-2-6-22-44)46-34-35-52-51-25-11-12-28-54(51)58(56(52)38-46)55-36-31-43(49-26-13-19-41-17-7-9-23-47(41)49)37-53(55)50-27-14-20-42-18-8-10-24-48(42)50/h1-38H. The van der Waals surface area contributed by atoms with Crippen molar-refractivity contribution in [1.82, 2.24) is 4.57 Å². The zero-order valence-corrected chi connectivity index (χ0v) is 31.8. The second kappa shape index (κ2) is 14.1. The lowest BCUT2D eigenvalue weighted by Crippen LogP contribution is -2.10. The number of rotatable bonds is 7. The number of para-hydroxylation sites is 2. The maximum atomic E-state index is 2.49. The van der Waals surface area contributed by atoms with Crippen molar-refractivity contribution in [2.75, 3.05) is 4.90 Å². The summed E-state index contributed by atoms with van der Waals surface area (Å²) in [6, 6.07) is 83.8. The van der Waals surface area contributed by atoms with Gasteiger partial charge in [-0.05, 0) is 104 Å². The molecular formula is C56H38N2. The maximum Gasteiger partial charge on any atom is 0.0562 e. The van der Waals surface area contributed by atoms with Crippen LogP contribution in [0, 0.1) is 0 Å². The minimum atomic E-state index is 1.09. The van der Waals surface area contributed by atoms with Crippen LogP contribution in [0.4, 0.5) is 17.1 Å². The van der Waals surface area contributed by atoms with E-state index >= 15 is 0 Å². The molecule has 0 atom stereocenters. The predicted molar refractivity (Wildman–Crippen MR) is 247 cm³/mol. The molecule has 10 aromatic carbocycles. The minimum absolute atomic E-state index is 1.09. The van der Waals surface area contributed by atoms with Crippen LogP contribution in [0.3, 0.4) is 0 Å². The summed E-state index contributed by atoms with van der Waals surface area (Å²) in [5.41, 5.74) is 14.0. The van der Waals surface area contributed by atoms with Crippen LogP contribution in [0.1, 0.15) is 0 Å². The van der Waals surface area contributed by atoms with Gasteiger partial charge < -0.3 is 9.47 Å². The van der Waals surface area contributed by atoms with Gasteiger partial charge in [-0.15, -0.1) is 0 Å². The molecule has 0 N–H and O–H groups in total. The zero-order valence-electron chi connectivity index (χ0n) is 31.8. The summed E-state index contributed by atoms with van der Waals surface area (Å²) in [4.78, 5) is 2.37. The molecule has 1 aromatic heterocycles. The molecule has 0 unspecified atom stereocenters. The van der Waals surface area contributed by atoms with Crippen molar-refractivity contribution in [2.24, 2.45) is 0 Å². The topological polar surface area (TPSA) is 8.17 Å². The van der Waals surface area contributed by atoms with Crippen LogP contribution in [0.25, 0.3) is 82.4 Å². The maximum absolute atomic E-state index is 2.49. The van der Waals surface area contributed by atoms with E-state index in [4.69, 9.17) is 0 Å². The van der Waals surface area contributed by atoms with Gasteiger partial charge in [0.05, 0.1) is 16.7 Å². The van der Waals surface area contributed by atoms with Crippen LogP contribution in [-0.4, -0.2) is 4.57 Å². The van der Waals surface area contributed by atoms with Crippen molar-refractivity contribution in [3.63, 3.8) is 0 Å². The first-order valence-corrected chi connectivity index (χ1v) is 19.9. The fourth-order valence-corrected chi connectivity index (χ4v) is 8.87. The molecule has 0 bridgehead atoms. The molecule has 11 aromatic rings. The highest BCUT2D eigenvalue weighted by Crippen LogP contribution is 2.44. The molecule has 0 amide bonds. The Morgan fingerprint density at radius 2 is 0.793 bits per heavy atom. The SMILES string of the molecule is c1ccc(-c2ccc(N(c3ccccc3)c3ccc4c5ccccc5n(-c5ccc(-c6cccc7ccccc67)cc5-c5cccc6ccccc56)c4c3)cc2)cc1. The fraction of sp³-hybridized carbons (Fsp3) is 0. The molecule has 0 aliphatic heterocycles. The van der Waals surface area contributed by atoms with E-state index in [1.54, 1.807) is 0 Å². The van der Waals surface area contributed by atoms with E-state index in [-0.39, 0.29) is 0 Å². The highest BCUT2D eigenvalue weighted by atomic mass is 15.1. The first-order valence-electron chi connectivity index (χ1n) is 19.9. The average Bonchev–Trinajstić information content (AvgIpc) is 3.63. The van der Waals surface area contributed by atoms with Crippen LogP contribution >= 0.6 is 0 Å². The van der Waals surface area contributed by atoms with Crippen molar-refractivity contribution >= 4 is 60.4 Å². The van der Waals surface area contributed by atoms with E-state index in [0.29, 0.717) is 0 Å². The van der Waals surface area contributed by atoms with Gasteiger partial charge in [-0.3, -0.25) is 0 Å². The summed E-state index contributed by atoms with van der Waals surface area (Å²) < 4.78 is 2.49. The van der Waals surface area contributed by atoms with Gasteiger partial charge in [-0.25, -0.2) is 0 Å². The van der Waals surface area contributed by atoms with Crippen molar-refractivity contribution in [3.8, 4) is 39.1 Å². The normalized spacial score (nSPS) is 11.4. The number of anilines is 3. The quantitative estimate of drug-likeness (QED) is 0.158. The van der Waals surface area contributed by atoms with E-state index < -0.39 is 0 Å². The molecule has 0 radical (unpaired) electrons. The second-order valence-electron chi connectivity index (χ2n) is 14.9. The molecule has 1 heterocycles. The fourth-order valence-electron chi connectivity index (χ4n) is 8.87. The van der Waals surface area contributed by atoms with E-state index in [9.17, 15) is 0 Å². The minimum Gasteiger partial charge on any atom is -0.310 e. The lowest BCUT2D eigenvalue weighted by atomic mass is 9.92. The second-order valence-corrected chi connectivity index (χ2v) is 14.9. The monoisotopic (exact) mass is 738 g/mol. The Labute approximate surface area is 338 Å². The number of aromatic nitrogens is 1. The molecule has 0 saturated heterocycles. The molecule has 272 valence electrons. The molecule has 2 nitrogen and oxygen atoms in total. The summed E-state index contributed by atoms with van der Waals surface area (Å²) >= 11 is 0. The third-order valence-electron chi connectivity index (χ3n) is 11.6. The summed E-state index contributed by atoms with van der Waals surface area (Å²) in [5.74, 6) is 0. The van der Waals surface area contributed by atoms with E-state index in [1.165, 1.54) is 71.2 Å². The number of nitrogens with zero attached hydrogens (tertiary/aromatic N) is 2. The predicted octanol–water partition coefficient (Wildman–Crippen LogP) is 15.6. The first kappa shape index (κ1) is 33.6. The van der Waals surface area contributed by atoms with E-state index in [0.717, 1.165) is 28.3 Å². The molecule has 0 spiro atoms. The highest BCUT2D eigenvalue weighted by molar-refractivity contribution is 6.12. The van der Waals surface area contributed by atoms with Crippen molar-refractivity contribution in [2.45, 2.75) is 0 Å². The van der Waals surface area contributed by atoms with Crippen LogP contribution in [0.15, 0.2) is 231 Å². The third-order valence-corrected chi connectivity index (χ3v) is 11.6. The van der Waals surface area contributed by atoms with Gasteiger partial charge in [0.1, 0.15) is 0 Å². The van der Waals surface area contributed by atoms with Crippen LogP contribution < -0.4 is 4.90 Å². The van der Waals surface area contributed by atoms with Crippen LogP contribution in [0.2, 0.25) is 0 Å². The molecule has 0 aliphatic rings. The Kier molecular flexibility index (Phi) is 8.19. The van der Waals surface area contributed by atoms with Crippen molar-refractivity contribution in [1.29, 1.82) is 0 Å². The molecule has 2 heteroatoms. The molecule has 0 saturated carbocycles. The Hall–Kier alpha value is -7.68. The third kappa shape index (κ3) is 5.74. The Balaban J connectivity index is 1.16. The van der Waals surface area contributed by atoms with E-state index in [1.807, 2.05) is 0 Å². The van der Waals surface area contributed by atoms with Crippen molar-refractivity contribution in [3.05, 3.63) is 231 Å². The Morgan fingerprint density at radius 3 is 1.53 bits per heavy atom. The van der Waals surface area contributed by atoms with Crippen LogP contribution in [0.5, 0.6) is 0 Å². The van der Waals surface area contributed by atoms with Gasteiger partial charge in [0, 0.05) is 33.4 Å². The number of benzene rings is 10. The summed E-state index contributed by atoms with van der Waals surface area (Å²) in [5, 5.41) is 7.39.